The molecule has 164 valence electrons. The monoisotopic (exact) mass is 433 g/mol. The predicted molar refractivity (Wildman–Crippen MR) is 116 cm³/mol. The van der Waals surface area contributed by atoms with Gasteiger partial charge in [-0.25, -0.2) is 4.79 Å². The van der Waals surface area contributed by atoms with Gasteiger partial charge in [-0.2, -0.15) is 4.80 Å². The smallest absolute Gasteiger partial charge is 0.326 e. The van der Waals surface area contributed by atoms with E-state index in [1.54, 1.807) is 4.90 Å². The van der Waals surface area contributed by atoms with Crippen molar-refractivity contribution >= 4 is 16.9 Å². The van der Waals surface area contributed by atoms with Crippen LogP contribution in [0.5, 0.6) is 5.75 Å². The van der Waals surface area contributed by atoms with Gasteiger partial charge in [-0.05, 0) is 42.3 Å². The number of hydrogen-bond acceptors (Lipinski definition) is 6. The predicted octanol–water partition coefficient (Wildman–Crippen LogP) is 1.76. The van der Waals surface area contributed by atoms with Crippen LogP contribution >= 0.6 is 0 Å². The number of para-hydroxylation sites is 3. The van der Waals surface area contributed by atoms with E-state index in [4.69, 9.17) is 4.74 Å². The minimum atomic E-state index is -0.104. The Kier molecular flexibility index (Phi) is 5.40. The zero-order valence-electron chi connectivity index (χ0n) is 17.4. The van der Waals surface area contributed by atoms with E-state index in [1.165, 1.54) is 4.80 Å². The number of piperidine rings is 1. The lowest BCUT2D eigenvalue weighted by Crippen LogP contribution is -2.42. The fraction of sp³-hybridized carbons (Fsp3) is 0.318. The summed E-state index contributed by atoms with van der Waals surface area (Å²) in [5.41, 5.74) is 1.63. The van der Waals surface area contributed by atoms with Crippen LogP contribution in [0.25, 0.3) is 11.0 Å². The molecule has 1 fully saturated rings. The van der Waals surface area contributed by atoms with Gasteiger partial charge in [0.25, 0.3) is 0 Å². The Morgan fingerprint density at radius 3 is 2.62 bits per heavy atom. The lowest BCUT2D eigenvalue weighted by molar-refractivity contribution is -0.133. The maximum Gasteiger partial charge on any atom is 0.326 e. The van der Waals surface area contributed by atoms with Crippen molar-refractivity contribution in [3.8, 4) is 5.75 Å². The number of amides is 1. The average Bonchev–Trinajstić information content (AvgIpc) is 3.41. The van der Waals surface area contributed by atoms with E-state index >= 15 is 0 Å². The van der Waals surface area contributed by atoms with E-state index in [-0.39, 0.29) is 30.8 Å². The Morgan fingerprint density at radius 1 is 1.06 bits per heavy atom. The van der Waals surface area contributed by atoms with Gasteiger partial charge in [0.1, 0.15) is 12.3 Å². The molecule has 10 heteroatoms. The first-order chi connectivity index (χ1) is 15.7. The molecule has 0 unspecified atom stereocenters. The largest absolute Gasteiger partial charge is 0.485 e. The van der Waals surface area contributed by atoms with Crippen LogP contribution in [0.2, 0.25) is 0 Å². The summed E-state index contributed by atoms with van der Waals surface area (Å²) in [5.74, 6) is 1.07. The molecule has 1 amide bonds. The Morgan fingerprint density at radius 2 is 1.81 bits per heavy atom. The number of nitrogens with one attached hydrogen (secondary N) is 1. The maximum atomic E-state index is 12.7. The summed E-state index contributed by atoms with van der Waals surface area (Å²) < 4.78 is 7.42. The number of fused-ring (bicyclic) bond motifs is 1. The molecule has 1 saturated heterocycles. The molecular formula is C22H23N7O3. The Bertz CT molecular complexity index is 1270. The van der Waals surface area contributed by atoms with Crippen molar-refractivity contribution in [2.24, 2.45) is 0 Å². The van der Waals surface area contributed by atoms with Crippen LogP contribution in [-0.4, -0.2) is 53.7 Å². The van der Waals surface area contributed by atoms with Crippen LogP contribution in [0.3, 0.4) is 0 Å². The number of hydrogen-bond donors (Lipinski definition) is 1. The van der Waals surface area contributed by atoms with E-state index in [0.29, 0.717) is 31.8 Å². The van der Waals surface area contributed by atoms with Crippen LogP contribution < -0.4 is 10.4 Å². The number of rotatable bonds is 6. The summed E-state index contributed by atoms with van der Waals surface area (Å²) in [6.45, 7) is 1.36. The average molecular weight is 433 g/mol. The number of carbonyl (C=O) groups is 1. The van der Waals surface area contributed by atoms with Gasteiger partial charge in [-0.15, -0.1) is 10.2 Å². The molecule has 32 heavy (non-hydrogen) atoms. The second kappa shape index (κ2) is 8.66. The molecule has 0 aliphatic carbocycles. The van der Waals surface area contributed by atoms with E-state index in [2.05, 4.69) is 20.4 Å². The van der Waals surface area contributed by atoms with Crippen molar-refractivity contribution in [1.82, 2.24) is 34.7 Å². The summed E-state index contributed by atoms with van der Waals surface area (Å²) >= 11 is 0. The molecule has 10 nitrogen and oxygen atoms in total. The highest BCUT2D eigenvalue weighted by molar-refractivity contribution is 5.76. The highest BCUT2D eigenvalue weighted by Gasteiger charge is 2.26. The van der Waals surface area contributed by atoms with Gasteiger partial charge < -0.3 is 14.6 Å². The van der Waals surface area contributed by atoms with E-state index in [9.17, 15) is 9.59 Å². The van der Waals surface area contributed by atoms with Crippen molar-refractivity contribution in [2.75, 3.05) is 13.1 Å². The van der Waals surface area contributed by atoms with Crippen molar-refractivity contribution in [3.63, 3.8) is 0 Å². The molecule has 2 aromatic carbocycles. The molecule has 1 aliphatic rings. The van der Waals surface area contributed by atoms with Gasteiger partial charge in [0.2, 0.25) is 11.7 Å². The third-order valence-corrected chi connectivity index (χ3v) is 5.69. The Labute approximate surface area is 183 Å². The van der Waals surface area contributed by atoms with Crippen molar-refractivity contribution in [3.05, 3.63) is 70.9 Å². The number of aromatic amines is 1. The molecule has 0 bridgehead atoms. The molecule has 4 aromatic rings. The number of likely N-dealkylation sites (tertiary alicyclic amines) is 1. The van der Waals surface area contributed by atoms with Crippen molar-refractivity contribution in [2.45, 2.75) is 32.0 Å². The Balaban J connectivity index is 1.16. The zero-order chi connectivity index (χ0) is 21.9. The minimum Gasteiger partial charge on any atom is -0.485 e. The first-order valence-corrected chi connectivity index (χ1v) is 10.6. The van der Waals surface area contributed by atoms with Crippen LogP contribution in [-0.2, 0) is 17.9 Å². The standard InChI is InChI=1S/C22H23N7O3/c30-21(14-28-25-20(24-26-28)15-32-17-6-2-1-3-7-17)27-12-10-16(11-13-27)29-19-9-5-4-8-18(19)23-22(29)31/h1-9,16H,10-15H2,(H,23,31). The van der Waals surface area contributed by atoms with Gasteiger partial charge in [0, 0.05) is 19.1 Å². The highest BCUT2D eigenvalue weighted by atomic mass is 16.5. The second-order valence-corrected chi connectivity index (χ2v) is 7.77. The van der Waals surface area contributed by atoms with Crippen LogP contribution in [0.4, 0.5) is 0 Å². The molecule has 3 heterocycles. The maximum absolute atomic E-state index is 12.7. The summed E-state index contributed by atoms with van der Waals surface area (Å²) in [4.78, 5) is 31.1. The summed E-state index contributed by atoms with van der Waals surface area (Å²) in [6.07, 6.45) is 1.43. The van der Waals surface area contributed by atoms with Gasteiger partial charge >= 0.3 is 5.69 Å². The number of carbonyl (C=O) groups excluding carboxylic acids is 1. The number of nitrogens with zero attached hydrogens (tertiary/aromatic N) is 6. The van der Waals surface area contributed by atoms with Crippen LogP contribution in [0.15, 0.2) is 59.4 Å². The van der Waals surface area contributed by atoms with Gasteiger partial charge in [0.15, 0.2) is 6.61 Å². The summed E-state index contributed by atoms with van der Waals surface area (Å²) in [7, 11) is 0. The molecule has 0 atom stereocenters. The second-order valence-electron chi connectivity index (χ2n) is 7.77. The number of imidazole rings is 1. The summed E-state index contributed by atoms with van der Waals surface area (Å²) in [6, 6.07) is 17.1. The SMILES string of the molecule is O=C(Cn1nnc(COc2ccccc2)n1)N1CCC(n2c(=O)[nH]c3ccccc32)CC1. The first-order valence-electron chi connectivity index (χ1n) is 10.6. The first kappa shape index (κ1) is 20.0. The van der Waals surface area contributed by atoms with Gasteiger partial charge in [0.05, 0.1) is 11.0 Å². The van der Waals surface area contributed by atoms with Gasteiger partial charge in [-0.3, -0.25) is 9.36 Å². The number of benzene rings is 2. The normalized spacial score (nSPS) is 14.7. The van der Waals surface area contributed by atoms with E-state index < -0.39 is 0 Å². The van der Waals surface area contributed by atoms with Crippen LogP contribution in [0.1, 0.15) is 24.7 Å². The van der Waals surface area contributed by atoms with Crippen LogP contribution in [0, 0.1) is 0 Å². The van der Waals surface area contributed by atoms with Crippen molar-refractivity contribution < 1.29 is 9.53 Å². The Hall–Kier alpha value is -3.95. The van der Waals surface area contributed by atoms with Gasteiger partial charge in [-0.1, -0.05) is 30.3 Å². The summed E-state index contributed by atoms with van der Waals surface area (Å²) in [5, 5.41) is 12.2. The molecule has 0 saturated carbocycles. The fourth-order valence-corrected chi connectivity index (χ4v) is 4.10. The van der Waals surface area contributed by atoms with E-state index in [1.807, 2.05) is 59.2 Å². The number of ether oxygens (including phenoxy) is 1. The topological polar surface area (TPSA) is 111 Å². The third-order valence-electron chi connectivity index (χ3n) is 5.69. The fourth-order valence-electron chi connectivity index (χ4n) is 4.10. The highest BCUT2D eigenvalue weighted by Crippen LogP contribution is 2.25. The minimum absolute atomic E-state index is 0.0238. The third kappa shape index (κ3) is 4.11. The lowest BCUT2D eigenvalue weighted by atomic mass is 10.0. The molecule has 0 radical (unpaired) electrons. The van der Waals surface area contributed by atoms with E-state index in [0.717, 1.165) is 16.8 Å². The molecule has 1 aliphatic heterocycles. The molecule has 5 rings (SSSR count). The zero-order valence-corrected chi connectivity index (χ0v) is 17.4. The molecule has 2 aromatic heterocycles. The molecule has 1 N–H and O–H groups in total. The molecular weight excluding hydrogens is 410 g/mol. The number of tetrazole rings is 1. The lowest BCUT2D eigenvalue weighted by Gasteiger charge is -2.32. The quantitative estimate of drug-likeness (QED) is 0.496. The molecule has 0 spiro atoms. The number of H-pyrrole nitrogens is 1. The number of aromatic nitrogens is 6. The van der Waals surface area contributed by atoms with Crippen molar-refractivity contribution in [1.29, 1.82) is 0 Å².